The molecular weight excluding hydrogens is 281 g/mol. The maximum absolute atomic E-state index is 13.4. The molecule has 0 unspecified atom stereocenters. The standard InChI is InChI=1S/C13H16FN3O2S/c1-2-6-16-7-9-17(10-8-16)20(18,19)12-5-3-4-11(14)13(12)15/h1,3-5H,6-10,15H2. The van der Waals surface area contributed by atoms with E-state index in [9.17, 15) is 12.8 Å². The molecule has 2 rings (SSSR count). The Morgan fingerprint density at radius 2 is 1.95 bits per heavy atom. The first kappa shape index (κ1) is 14.8. The highest BCUT2D eigenvalue weighted by Gasteiger charge is 2.30. The number of nitrogens with two attached hydrogens (primary N) is 1. The van der Waals surface area contributed by atoms with E-state index in [1.165, 1.54) is 16.4 Å². The van der Waals surface area contributed by atoms with Crippen molar-refractivity contribution in [2.45, 2.75) is 4.90 Å². The average Bonchev–Trinajstić information content (AvgIpc) is 2.42. The van der Waals surface area contributed by atoms with Gasteiger partial charge in [0.2, 0.25) is 10.0 Å². The first-order valence-electron chi connectivity index (χ1n) is 6.17. The van der Waals surface area contributed by atoms with Crippen LogP contribution >= 0.6 is 0 Å². The number of nitrogen functional groups attached to an aromatic ring is 1. The number of halogens is 1. The predicted molar refractivity (Wildman–Crippen MR) is 74.8 cm³/mol. The van der Waals surface area contributed by atoms with Crippen LogP contribution in [-0.4, -0.2) is 50.3 Å². The second-order valence-electron chi connectivity index (χ2n) is 4.54. The molecule has 1 aromatic carbocycles. The molecule has 0 radical (unpaired) electrons. The zero-order chi connectivity index (χ0) is 14.8. The van der Waals surface area contributed by atoms with Crippen molar-refractivity contribution in [2.24, 2.45) is 0 Å². The van der Waals surface area contributed by atoms with Gasteiger partial charge in [0.1, 0.15) is 10.7 Å². The molecule has 0 atom stereocenters. The van der Waals surface area contributed by atoms with Gasteiger partial charge >= 0.3 is 0 Å². The van der Waals surface area contributed by atoms with E-state index in [-0.39, 0.29) is 10.6 Å². The van der Waals surface area contributed by atoms with Gasteiger partial charge in [-0.2, -0.15) is 4.31 Å². The summed E-state index contributed by atoms with van der Waals surface area (Å²) >= 11 is 0. The zero-order valence-corrected chi connectivity index (χ0v) is 11.7. The second kappa shape index (κ2) is 5.79. The summed E-state index contributed by atoms with van der Waals surface area (Å²) in [4.78, 5) is 1.81. The van der Waals surface area contributed by atoms with Gasteiger partial charge in [0.25, 0.3) is 0 Å². The van der Waals surface area contributed by atoms with E-state index in [0.29, 0.717) is 32.7 Å². The molecule has 0 spiro atoms. The minimum Gasteiger partial charge on any atom is -0.395 e. The summed E-state index contributed by atoms with van der Waals surface area (Å²) < 4.78 is 39.6. The fourth-order valence-corrected chi connectivity index (χ4v) is 3.69. The van der Waals surface area contributed by atoms with Gasteiger partial charge < -0.3 is 5.73 Å². The minimum atomic E-state index is -3.76. The molecule has 0 saturated carbocycles. The molecule has 1 aromatic rings. The van der Waals surface area contributed by atoms with E-state index in [0.717, 1.165) is 6.07 Å². The van der Waals surface area contributed by atoms with Crippen molar-refractivity contribution in [3.8, 4) is 12.3 Å². The first-order valence-corrected chi connectivity index (χ1v) is 7.61. The van der Waals surface area contributed by atoms with Crippen LogP contribution in [0.3, 0.4) is 0 Å². The molecule has 0 bridgehead atoms. The van der Waals surface area contributed by atoms with Crippen molar-refractivity contribution < 1.29 is 12.8 Å². The quantitative estimate of drug-likeness (QED) is 0.646. The van der Waals surface area contributed by atoms with Gasteiger partial charge in [-0.1, -0.05) is 12.0 Å². The number of rotatable bonds is 3. The Bertz CT molecular complexity index is 632. The van der Waals surface area contributed by atoms with Crippen LogP contribution in [0.5, 0.6) is 0 Å². The Balaban J connectivity index is 2.20. The molecule has 0 aliphatic carbocycles. The van der Waals surface area contributed by atoms with Crippen LogP contribution in [0.4, 0.5) is 10.1 Å². The Labute approximate surface area is 118 Å². The van der Waals surface area contributed by atoms with Crippen molar-refractivity contribution in [1.82, 2.24) is 9.21 Å². The zero-order valence-electron chi connectivity index (χ0n) is 10.9. The monoisotopic (exact) mass is 297 g/mol. The lowest BCUT2D eigenvalue weighted by Gasteiger charge is -2.33. The fraction of sp³-hybridized carbons (Fsp3) is 0.385. The summed E-state index contributed by atoms with van der Waals surface area (Å²) in [5.74, 6) is 1.80. The molecule has 108 valence electrons. The number of para-hydroxylation sites is 1. The number of terminal acetylenes is 1. The highest BCUT2D eigenvalue weighted by molar-refractivity contribution is 7.89. The normalized spacial score (nSPS) is 17.8. The van der Waals surface area contributed by atoms with Crippen molar-refractivity contribution in [1.29, 1.82) is 0 Å². The van der Waals surface area contributed by atoms with Crippen LogP contribution in [-0.2, 0) is 10.0 Å². The largest absolute Gasteiger partial charge is 0.395 e. The van der Waals surface area contributed by atoms with Crippen LogP contribution in [0.15, 0.2) is 23.1 Å². The van der Waals surface area contributed by atoms with Crippen molar-refractivity contribution >= 4 is 15.7 Å². The van der Waals surface area contributed by atoms with Crippen LogP contribution in [0.2, 0.25) is 0 Å². The molecule has 1 aliphatic rings. The van der Waals surface area contributed by atoms with Crippen LogP contribution in [0.1, 0.15) is 0 Å². The first-order chi connectivity index (χ1) is 9.46. The topological polar surface area (TPSA) is 66.6 Å². The van der Waals surface area contributed by atoms with Gasteiger partial charge in [0, 0.05) is 26.2 Å². The molecule has 1 heterocycles. The summed E-state index contributed by atoms with van der Waals surface area (Å²) in [6.07, 6.45) is 5.23. The van der Waals surface area contributed by atoms with Crippen molar-refractivity contribution in [3.63, 3.8) is 0 Å². The number of piperazine rings is 1. The van der Waals surface area contributed by atoms with E-state index in [1.54, 1.807) is 0 Å². The Morgan fingerprint density at radius 1 is 1.30 bits per heavy atom. The number of hydrogen-bond donors (Lipinski definition) is 1. The van der Waals surface area contributed by atoms with Crippen LogP contribution < -0.4 is 5.73 Å². The molecule has 1 saturated heterocycles. The molecule has 1 fully saturated rings. The third-order valence-electron chi connectivity index (χ3n) is 3.28. The van der Waals surface area contributed by atoms with Gasteiger partial charge in [-0.15, -0.1) is 6.42 Å². The van der Waals surface area contributed by atoms with E-state index < -0.39 is 15.8 Å². The summed E-state index contributed by atoms with van der Waals surface area (Å²) in [6.45, 7) is 2.24. The number of hydrogen-bond acceptors (Lipinski definition) is 4. The highest BCUT2D eigenvalue weighted by atomic mass is 32.2. The smallest absolute Gasteiger partial charge is 0.245 e. The Hall–Kier alpha value is -1.62. The Kier molecular flexibility index (Phi) is 4.28. The highest BCUT2D eigenvalue weighted by Crippen LogP contribution is 2.25. The lowest BCUT2D eigenvalue weighted by Crippen LogP contribution is -2.48. The average molecular weight is 297 g/mol. The minimum absolute atomic E-state index is 0.178. The SMILES string of the molecule is C#CCN1CCN(S(=O)(=O)c2cccc(F)c2N)CC1. The van der Waals surface area contributed by atoms with Gasteiger partial charge in [-0.25, -0.2) is 12.8 Å². The molecule has 0 amide bonds. The molecule has 20 heavy (non-hydrogen) atoms. The number of nitrogens with zero attached hydrogens (tertiary/aromatic N) is 2. The molecular formula is C13H16FN3O2S. The van der Waals surface area contributed by atoms with Crippen LogP contribution in [0.25, 0.3) is 0 Å². The molecule has 1 aliphatic heterocycles. The van der Waals surface area contributed by atoms with E-state index in [2.05, 4.69) is 5.92 Å². The fourth-order valence-electron chi connectivity index (χ4n) is 2.14. The van der Waals surface area contributed by atoms with Crippen molar-refractivity contribution in [2.75, 3.05) is 38.5 Å². The third kappa shape index (κ3) is 2.77. The predicted octanol–water partition coefficient (Wildman–Crippen LogP) is 0.347. The lowest BCUT2D eigenvalue weighted by atomic mass is 10.3. The van der Waals surface area contributed by atoms with E-state index in [1.807, 2.05) is 4.90 Å². The molecule has 7 heteroatoms. The summed E-state index contributed by atoms with van der Waals surface area (Å²) in [7, 11) is -3.76. The second-order valence-corrected chi connectivity index (χ2v) is 6.44. The van der Waals surface area contributed by atoms with Gasteiger partial charge in [0.15, 0.2) is 0 Å². The van der Waals surface area contributed by atoms with Gasteiger partial charge in [0.05, 0.1) is 12.2 Å². The molecule has 5 nitrogen and oxygen atoms in total. The summed E-state index contributed by atoms with van der Waals surface area (Å²) in [5, 5.41) is 0. The molecule has 0 aromatic heterocycles. The molecule has 2 N–H and O–H groups in total. The summed E-state index contributed by atoms with van der Waals surface area (Å²) in [6, 6.07) is 3.80. The number of benzene rings is 1. The maximum atomic E-state index is 13.4. The van der Waals surface area contributed by atoms with Crippen molar-refractivity contribution in [3.05, 3.63) is 24.0 Å². The van der Waals surface area contributed by atoms with Crippen LogP contribution in [0, 0.1) is 18.2 Å². The number of sulfonamides is 1. The Morgan fingerprint density at radius 3 is 2.55 bits per heavy atom. The number of anilines is 1. The summed E-state index contributed by atoms with van der Waals surface area (Å²) in [5.41, 5.74) is 5.20. The van der Waals surface area contributed by atoms with E-state index in [4.69, 9.17) is 12.2 Å². The lowest BCUT2D eigenvalue weighted by molar-refractivity contribution is 0.207. The third-order valence-corrected chi connectivity index (χ3v) is 5.23. The maximum Gasteiger partial charge on any atom is 0.245 e. The van der Waals surface area contributed by atoms with Gasteiger partial charge in [-0.05, 0) is 12.1 Å². The van der Waals surface area contributed by atoms with Gasteiger partial charge in [-0.3, -0.25) is 4.90 Å². The van der Waals surface area contributed by atoms with E-state index >= 15 is 0 Å².